The van der Waals surface area contributed by atoms with Gasteiger partial charge in [0.25, 0.3) is 5.91 Å². The molecule has 3 N–H and O–H groups in total. The number of rotatable bonds is 8. The minimum absolute atomic E-state index is 0.255. The monoisotopic (exact) mass is 376 g/mol. The van der Waals surface area contributed by atoms with Crippen molar-refractivity contribution < 1.29 is 28.3 Å². The number of hydrogen-bond acceptors (Lipinski definition) is 3. The van der Waals surface area contributed by atoms with Crippen LogP contribution >= 0.6 is 11.6 Å². The van der Waals surface area contributed by atoms with E-state index >= 15 is 0 Å². The number of carbonyl (C=O) groups is 3. The number of carboxylic acids is 1. The van der Waals surface area contributed by atoms with Crippen molar-refractivity contribution in [3.63, 3.8) is 0 Å². The third-order valence-electron chi connectivity index (χ3n) is 3.37. The van der Waals surface area contributed by atoms with Gasteiger partial charge in [-0.25, -0.2) is 13.6 Å². The van der Waals surface area contributed by atoms with Gasteiger partial charge in [0.1, 0.15) is 12.1 Å². The van der Waals surface area contributed by atoms with E-state index in [1.165, 1.54) is 24.3 Å². The molecule has 0 heterocycles. The molecule has 0 fully saturated rings. The fourth-order valence-corrected chi connectivity index (χ4v) is 2.15. The normalized spacial score (nSPS) is 13.4. The second-order valence-corrected chi connectivity index (χ2v) is 6.16. The first-order chi connectivity index (χ1) is 11.6. The average molecular weight is 377 g/mol. The Morgan fingerprint density at radius 2 is 1.68 bits per heavy atom. The van der Waals surface area contributed by atoms with E-state index in [2.05, 4.69) is 5.32 Å². The quantitative estimate of drug-likeness (QED) is 0.648. The lowest BCUT2D eigenvalue weighted by Crippen LogP contribution is -2.54. The smallest absolute Gasteiger partial charge is 0.326 e. The molecule has 0 saturated heterocycles. The Labute approximate surface area is 148 Å². The van der Waals surface area contributed by atoms with E-state index in [1.54, 1.807) is 13.8 Å². The predicted octanol–water partition coefficient (Wildman–Crippen LogP) is 2.32. The summed E-state index contributed by atoms with van der Waals surface area (Å²) in [6.07, 6.45) is -3.90. The lowest BCUT2D eigenvalue weighted by molar-refractivity contribution is -0.143. The topological polar surface area (TPSA) is 95.5 Å². The van der Waals surface area contributed by atoms with Gasteiger partial charge in [-0.15, -0.1) is 0 Å². The summed E-state index contributed by atoms with van der Waals surface area (Å²) in [4.78, 5) is 35.4. The van der Waals surface area contributed by atoms with Gasteiger partial charge in [-0.2, -0.15) is 0 Å². The summed E-state index contributed by atoms with van der Waals surface area (Å²) >= 11 is 5.74. The zero-order valence-corrected chi connectivity index (χ0v) is 14.4. The molecule has 1 rings (SSSR count). The fourth-order valence-electron chi connectivity index (χ4n) is 2.02. The number of benzene rings is 1. The molecule has 0 saturated carbocycles. The number of carboxylic acid groups (broad SMARTS) is 1. The molecule has 2 unspecified atom stereocenters. The molecule has 0 aliphatic carbocycles. The second-order valence-electron chi connectivity index (χ2n) is 5.73. The van der Waals surface area contributed by atoms with Crippen LogP contribution in [0.4, 0.5) is 8.78 Å². The van der Waals surface area contributed by atoms with Crippen molar-refractivity contribution in [3.8, 4) is 0 Å². The molecule has 2 atom stereocenters. The molecular weight excluding hydrogens is 358 g/mol. The summed E-state index contributed by atoms with van der Waals surface area (Å²) in [5, 5.41) is 13.9. The zero-order chi connectivity index (χ0) is 19.1. The van der Waals surface area contributed by atoms with Crippen LogP contribution in [0.15, 0.2) is 24.3 Å². The van der Waals surface area contributed by atoms with Gasteiger partial charge >= 0.3 is 5.97 Å². The van der Waals surface area contributed by atoms with Crippen LogP contribution in [0.1, 0.15) is 30.6 Å². The van der Waals surface area contributed by atoms with Crippen molar-refractivity contribution in [2.45, 2.75) is 38.8 Å². The maximum Gasteiger partial charge on any atom is 0.326 e. The number of halogens is 3. The van der Waals surface area contributed by atoms with Gasteiger partial charge in [0, 0.05) is 17.0 Å². The van der Waals surface area contributed by atoms with Crippen LogP contribution < -0.4 is 10.6 Å². The standard InChI is InChI=1S/C16H19ClF2N2O4/c1-8(2)13(15(23)20-11(16(24)25)7-12(18)19)21-14(22)9-3-5-10(17)6-4-9/h3-6,8,11-13H,7H2,1-2H3,(H,20,23)(H,21,22)(H,24,25). The highest BCUT2D eigenvalue weighted by Gasteiger charge is 2.30. The van der Waals surface area contributed by atoms with E-state index in [0.717, 1.165) is 0 Å². The summed E-state index contributed by atoms with van der Waals surface area (Å²) in [7, 11) is 0. The van der Waals surface area contributed by atoms with Crippen molar-refractivity contribution in [2.24, 2.45) is 5.92 Å². The first-order valence-corrected chi connectivity index (χ1v) is 7.87. The lowest BCUT2D eigenvalue weighted by Gasteiger charge is -2.24. The van der Waals surface area contributed by atoms with Gasteiger partial charge in [-0.1, -0.05) is 25.4 Å². The number of hydrogen-bond donors (Lipinski definition) is 3. The van der Waals surface area contributed by atoms with Crippen molar-refractivity contribution >= 4 is 29.4 Å². The average Bonchev–Trinajstić information content (AvgIpc) is 2.51. The van der Waals surface area contributed by atoms with Gasteiger partial charge in [0.15, 0.2) is 0 Å². The summed E-state index contributed by atoms with van der Waals surface area (Å²) < 4.78 is 24.8. The van der Waals surface area contributed by atoms with E-state index in [9.17, 15) is 23.2 Å². The molecule has 9 heteroatoms. The summed E-state index contributed by atoms with van der Waals surface area (Å²) in [6.45, 7) is 3.27. The second kappa shape index (κ2) is 9.31. The van der Waals surface area contributed by atoms with Crippen molar-refractivity contribution in [3.05, 3.63) is 34.9 Å². The van der Waals surface area contributed by atoms with Crippen LogP contribution in [0.2, 0.25) is 5.02 Å². The van der Waals surface area contributed by atoms with Crippen LogP contribution in [0.25, 0.3) is 0 Å². The molecule has 1 aromatic rings. The highest BCUT2D eigenvalue weighted by Crippen LogP contribution is 2.11. The first-order valence-electron chi connectivity index (χ1n) is 7.49. The maximum absolute atomic E-state index is 12.4. The molecule has 2 amide bonds. The van der Waals surface area contributed by atoms with E-state index in [-0.39, 0.29) is 5.56 Å². The maximum atomic E-state index is 12.4. The highest BCUT2D eigenvalue weighted by atomic mass is 35.5. The molecule has 0 aromatic heterocycles. The lowest BCUT2D eigenvalue weighted by atomic mass is 10.0. The van der Waals surface area contributed by atoms with Crippen LogP contribution in [0, 0.1) is 5.92 Å². The minimum Gasteiger partial charge on any atom is -0.480 e. The third-order valence-corrected chi connectivity index (χ3v) is 3.62. The van der Waals surface area contributed by atoms with Gasteiger partial charge in [0.2, 0.25) is 12.3 Å². The molecule has 0 aliphatic heterocycles. The Balaban J connectivity index is 2.84. The van der Waals surface area contributed by atoms with E-state index in [1.807, 2.05) is 5.32 Å². The first kappa shape index (κ1) is 20.8. The molecular formula is C16H19ClF2N2O4. The highest BCUT2D eigenvalue weighted by molar-refractivity contribution is 6.30. The van der Waals surface area contributed by atoms with Crippen LogP contribution in [-0.2, 0) is 9.59 Å². The Kier molecular flexibility index (Phi) is 7.76. The Hall–Kier alpha value is -2.22. The number of alkyl halides is 2. The SMILES string of the molecule is CC(C)C(NC(=O)c1ccc(Cl)cc1)C(=O)NC(CC(F)F)C(=O)O. The number of aliphatic carboxylic acids is 1. The van der Waals surface area contributed by atoms with Gasteiger partial charge in [0.05, 0.1) is 0 Å². The zero-order valence-electron chi connectivity index (χ0n) is 13.6. The third kappa shape index (κ3) is 6.66. The van der Waals surface area contributed by atoms with Gasteiger partial charge in [-0.05, 0) is 30.2 Å². The number of amides is 2. The van der Waals surface area contributed by atoms with Crippen LogP contribution in [0.3, 0.4) is 0 Å². The molecule has 6 nitrogen and oxygen atoms in total. The minimum atomic E-state index is -2.89. The molecule has 0 spiro atoms. The van der Waals surface area contributed by atoms with E-state index in [4.69, 9.17) is 16.7 Å². The van der Waals surface area contributed by atoms with Crippen molar-refractivity contribution in [1.82, 2.24) is 10.6 Å². The van der Waals surface area contributed by atoms with Crippen molar-refractivity contribution in [2.75, 3.05) is 0 Å². The molecule has 0 bridgehead atoms. The van der Waals surface area contributed by atoms with Crippen LogP contribution in [-0.4, -0.2) is 41.4 Å². The van der Waals surface area contributed by atoms with E-state index < -0.39 is 48.6 Å². The van der Waals surface area contributed by atoms with E-state index in [0.29, 0.717) is 5.02 Å². The molecule has 0 radical (unpaired) electrons. The predicted molar refractivity (Wildman–Crippen MR) is 87.7 cm³/mol. The molecule has 1 aromatic carbocycles. The largest absolute Gasteiger partial charge is 0.480 e. The number of nitrogens with one attached hydrogen (secondary N) is 2. The van der Waals surface area contributed by atoms with Crippen LogP contribution in [0.5, 0.6) is 0 Å². The Morgan fingerprint density at radius 1 is 1.12 bits per heavy atom. The molecule has 138 valence electrons. The van der Waals surface area contributed by atoms with Gasteiger partial charge in [-0.3, -0.25) is 9.59 Å². The summed E-state index contributed by atoms with van der Waals surface area (Å²) in [6, 6.07) is 3.12. The Bertz CT molecular complexity index is 623. The van der Waals surface area contributed by atoms with Crippen molar-refractivity contribution in [1.29, 1.82) is 0 Å². The summed E-state index contributed by atoms with van der Waals surface area (Å²) in [5.74, 6) is -3.37. The summed E-state index contributed by atoms with van der Waals surface area (Å²) in [5.41, 5.74) is 0.255. The Morgan fingerprint density at radius 3 is 2.12 bits per heavy atom. The molecule has 25 heavy (non-hydrogen) atoms. The molecule has 0 aliphatic rings. The van der Waals surface area contributed by atoms with Gasteiger partial charge < -0.3 is 15.7 Å². The fraction of sp³-hybridized carbons (Fsp3) is 0.438. The number of carbonyl (C=O) groups excluding carboxylic acids is 2.